The molecule has 0 spiro atoms. The molecule has 0 saturated carbocycles. The predicted molar refractivity (Wildman–Crippen MR) is 81.8 cm³/mol. The maximum atomic E-state index is 10.8. The summed E-state index contributed by atoms with van der Waals surface area (Å²) in [6.45, 7) is 9.08. The summed E-state index contributed by atoms with van der Waals surface area (Å²) in [5.41, 5.74) is 1.32. The Hall–Kier alpha value is -1.66. The van der Waals surface area contributed by atoms with Gasteiger partial charge in [0.2, 0.25) is 0 Å². The minimum atomic E-state index is -0.612. The van der Waals surface area contributed by atoms with Gasteiger partial charge in [0.1, 0.15) is 18.5 Å². The van der Waals surface area contributed by atoms with Crippen LogP contribution >= 0.6 is 0 Å². The van der Waals surface area contributed by atoms with Crippen LogP contribution in [0.4, 0.5) is 5.69 Å². The number of aliphatic hydroxyl groups is 1. The van der Waals surface area contributed by atoms with Crippen LogP contribution in [-0.4, -0.2) is 35.8 Å². The Morgan fingerprint density at radius 3 is 2.52 bits per heavy atom. The van der Waals surface area contributed by atoms with Crippen LogP contribution in [0.25, 0.3) is 0 Å². The van der Waals surface area contributed by atoms with E-state index in [1.54, 1.807) is 19.9 Å². The first-order valence-electron chi connectivity index (χ1n) is 7.08. The van der Waals surface area contributed by atoms with Gasteiger partial charge in [0.15, 0.2) is 0 Å². The second-order valence-corrected chi connectivity index (χ2v) is 5.68. The van der Waals surface area contributed by atoms with Gasteiger partial charge in [-0.1, -0.05) is 13.8 Å². The number of aryl methyl sites for hydroxylation is 2. The van der Waals surface area contributed by atoms with Crippen LogP contribution in [0, 0.1) is 29.9 Å². The normalized spacial score (nSPS) is 12.5. The van der Waals surface area contributed by atoms with Gasteiger partial charge >= 0.3 is 0 Å². The average Bonchev–Trinajstić information content (AvgIpc) is 2.38. The van der Waals surface area contributed by atoms with Crippen molar-refractivity contribution in [3.63, 3.8) is 0 Å². The van der Waals surface area contributed by atoms with Crippen LogP contribution in [0.2, 0.25) is 0 Å². The minimum Gasteiger partial charge on any atom is -0.491 e. The maximum Gasteiger partial charge on any atom is 0.272 e. The van der Waals surface area contributed by atoms with Gasteiger partial charge in [-0.05, 0) is 37.9 Å². The van der Waals surface area contributed by atoms with Crippen molar-refractivity contribution in [3.05, 3.63) is 33.4 Å². The summed E-state index contributed by atoms with van der Waals surface area (Å²) in [5.74, 6) is 1.10. The van der Waals surface area contributed by atoms with Crippen LogP contribution in [0.3, 0.4) is 0 Å². The van der Waals surface area contributed by atoms with E-state index >= 15 is 0 Å². The Morgan fingerprint density at radius 2 is 1.95 bits per heavy atom. The van der Waals surface area contributed by atoms with Gasteiger partial charge in [0.05, 0.1) is 4.92 Å². The molecular weight excluding hydrogens is 272 g/mol. The lowest BCUT2D eigenvalue weighted by Crippen LogP contribution is -2.33. The third kappa shape index (κ3) is 5.69. The first kappa shape index (κ1) is 17.4. The number of nitro groups is 1. The van der Waals surface area contributed by atoms with Crippen molar-refractivity contribution in [2.24, 2.45) is 5.92 Å². The van der Waals surface area contributed by atoms with Crippen molar-refractivity contribution in [2.45, 2.75) is 33.8 Å². The molecule has 2 N–H and O–H groups in total. The summed E-state index contributed by atoms with van der Waals surface area (Å²) in [5, 5.41) is 23.8. The van der Waals surface area contributed by atoms with Gasteiger partial charge in [0.25, 0.3) is 5.69 Å². The van der Waals surface area contributed by atoms with Crippen LogP contribution in [-0.2, 0) is 0 Å². The summed E-state index contributed by atoms with van der Waals surface area (Å²) < 4.78 is 5.56. The van der Waals surface area contributed by atoms with Crippen molar-refractivity contribution < 1.29 is 14.8 Å². The molecule has 0 bridgehead atoms. The Morgan fingerprint density at radius 1 is 1.29 bits per heavy atom. The van der Waals surface area contributed by atoms with E-state index in [2.05, 4.69) is 19.2 Å². The largest absolute Gasteiger partial charge is 0.491 e. The van der Waals surface area contributed by atoms with Crippen molar-refractivity contribution in [2.75, 3.05) is 19.7 Å². The van der Waals surface area contributed by atoms with Crippen LogP contribution in [0.15, 0.2) is 12.1 Å². The number of nitrogens with zero attached hydrogens (tertiary/aromatic N) is 1. The molecule has 21 heavy (non-hydrogen) atoms. The topological polar surface area (TPSA) is 84.6 Å². The number of nitro benzene ring substituents is 1. The van der Waals surface area contributed by atoms with Gasteiger partial charge in [-0.15, -0.1) is 0 Å². The summed E-state index contributed by atoms with van der Waals surface area (Å²) in [7, 11) is 0. The van der Waals surface area contributed by atoms with Crippen LogP contribution < -0.4 is 10.1 Å². The van der Waals surface area contributed by atoms with E-state index in [4.69, 9.17) is 4.74 Å². The molecule has 6 heteroatoms. The second-order valence-electron chi connectivity index (χ2n) is 5.68. The highest BCUT2D eigenvalue weighted by Gasteiger charge is 2.15. The van der Waals surface area contributed by atoms with Gasteiger partial charge in [-0.3, -0.25) is 10.1 Å². The zero-order valence-electron chi connectivity index (χ0n) is 13.0. The lowest BCUT2D eigenvalue weighted by Gasteiger charge is -2.15. The Bertz CT molecular complexity index is 489. The van der Waals surface area contributed by atoms with Crippen molar-refractivity contribution in [1.29, 1.82) is 0 Å². The molecule has 0 amide bonds. The Labute approximate surface area is 125 Å². The zero-order chi connectivity index (χ0) is 16.0. The van der Waals surface area contributed by atoms with Crippen molar-refractivity contribution in [1.82, 2.24) is 5.32 Å². The van der Waals surface area contributed by atoms with E-state index < -0.39 is 11.0 Å². The fourth-order valence-electron chi connectivity index (χ4n) is 1.91. The molecule has 0 fully saturated rings. The SMILES string of the molecule is Cc1cc([N+](=O)[O-])c(C)cc1OCC(O)CNCC(C)C. The fourth-order valence-corrected chi connectivity index (χ4v) is 1.91. The first-order valence-corrected chi connectivity index (χ1v) is 7.08. The van der Waals surface area contributed by atoms with Gasteiger partial charge in [-0.2, -0.15) is 0 Å². The van der Waals surface area contributed by atoms with E-state index in [0.717, 1.165) is 6.54 Å². The van der Waals surface area contributed by atoms with Crippen LogP contribution in [0.5, 0.6) is 5.75 Å². The van der Waals surface area contributed by atoms with Crippen LogP contribution in [0.1, 0.15) is 25.0 Å². The molecule has 1 unspecified atom stereocenters. The molecule has 1 aromatic carbocycles. The molecule has 0 saturated heterocycles. The molecule has 0 heterocycles. The highest BCUT2D eigenvalue weighted by molar-refractivity contribution is 5.49. The van der Waals surface area contributed by atoms with Gasteiger partial charge in [0, 0.05) is 18.2 Å². The zero-order valence-corrected chi connectivity index (χ0v) is 13.0. The summed E-state index contributed by atoms with van der Waals surface area (Å²) in [6.07, 6.45) is -0.612. The number of aliphatic hydroxyl groups excluding tert-OH is 1. The molecule has 0 radical (unpaired) electrons. The minimum absolute atomic E-state index is 0.0824. The third-order valence-electron chi connectivity index (χ3n) is 3.05. The fraction of sp³-hybridized carbons (Fsp3) is 0.600. The quantitative estimate of drug-likeness (QED) is 0.567. The molecular formula is C15H24N2O4. The number of nitrogens with one attached hydrogen (secondary N) is 1. The number of rotatable bonds is 8. The lowest BCUT2D eigenvalue weighted by molar-refractivity contribution is -0.385. The second kappa shape index (κ2) is 7.95. The molecule has 0 aliphatic heterocycles. The van der Waals surface area contributed by atoms with E-state index in [1.807, 2.05) is 0 Å². The number of hydrogen-bond acceptors (Lipinski definition) is 5. The highest BCUT2D eigenvalue weighted by atomic mass is 16.6. The Kier molecular flexibility index (Phi) is 6.58. The highest BCUT2D eigenvalue weighted by Crippen LogP contribution is 2.27. The first-order chi connectivity index (χ1) is 9.81. The smallest absolute Gasteiger partial charge is 0.272 e. The number of benzene rings is 1. The van der Waals surface area contributed by atoms with Crippen molar-refractivity contribution >= 4 is 5.69 Å². The van der Waals surface area contributed by atoms with Gasteiger partial charge < -0.3 is 15.2 Å². The van der Waals surface area contributed by atoms with E-state index in [1.165, 1.54) is 6.07 Å². The molecule has 118 valence electrons. The molecule has 1 atom stereocenters. The molecule has 0 aliphatic rings. The standard InChI is InChI=1S/C15H24N2O4/c1-10(2)7-16-8-13(18)9-21-15-6-11(3)14(17(19)20)5-12(15)4/h5-6,10,13,16,18H,7-9H2,1-4H3. The summed E-state index contributed by atoms with van der Waals surface area (Å²) in [4.78, 5) is 10.4. The number of ether oxygens (including phenoxy) is 1. The number of hydrogen-bond donors (Lipinski definition) is 2. The Balaban J connectivity index is 2.55. The predicted octanol–water partition coefficient (Wildman–Crippen LogP) is 2.20. The molecule has 0 aliphatic carbocycles. The summed E-state index contributed by atoms with van der Waals surface area (Å²) >= 11 is 0. The van der Waals surface area contributed by atoms with E-state index in [-0.39, 0.29) is 12.3 Å². The molecule has 0 aromatic heterocycles. The third-order valence-corrected chi connectivity index (χ3v) is 3.05. The maximum absolute atomic E-state index is 10.8. The van der Waals surface area contributed by atoms with E-state index in [9.17, 15) is 15.2 Å². The van der Waals surface area contributed by atoms with Crippen molar-refractivity contribution in [3.8, 4) is 5.75 Å². The summed E-state index contributed by atoms with van der Waals surface area (Å²) in [6, 6.07) is 3.13. The molecule has 6 nitrogen and oxygen atoms in total. The monoisotopic (exact) mass is 296 g/mol. The van der Waals surface area contributed by atoms with Gasteiger partial charge in [-0.25, -0.2) is 0 Å². The molecule has 1 rings (SSSR count). The molecule has 1 aromatic rings. The lowest BCUT2D eigenvalue weighted by atomic mass is 10.1. The average molecular weight is 296 g/mol. The van der Waals surface area contributed by atoms with E-state index in [0.29, 0.717) is 29.3 Å².